The van der Waals surface area contributed by atoms with E-state index < -0.39 is 4.92 Å². The second-order valence-corrected chi connectivity index (χ2v) is 8.56. The molecular weight excluding hydrogens is 376 g/mol. The van der Waals surface area contributed by atoms with Gasteiger partial charge in [0.2, 0.25) is 0 Å². The molecule has 8 heteroatoms. The second kappa shape index (κ2) is 7.44. The minimum absolute atomic E-state index is 0.000368. The number of aryl methyl sites for hydroxylation is 2. The number of nitrogens with zero attached hydrogens (tertiary/aromatic N) is 4. The number of hydrogen-bond acceptors (Lipinski definition) is 6. The number of hydrogen-bond donors (Lipinski definition) is 0. The maximum Gasteiger partial charge on any atom is 0.269 e. The first-order valence-corrected chi connectivity index (χ1v) is 10.2. The van der Waals surface area contributed by atoms with Gasteiger partial charge in [-0.05, 0) is 50.9 Å². The molecule has 0 unspecified atom stereocenters. The highest BCUT2D eigenvalue weighted by atomic mass is 32.1. The predicted molar refractivity (Wildman–Crippen MR) is 110 cm³/mol. The predicted octanol–water partition coefficient (Wildman–Crippen LogP) is 3.35. The van der Waals surface area contributed by atoms with Crippen LogP contribution in [0.25, 0.3) is 10.2 Å². The first-order valence-electron chi connectivity index (χ1n) is 9.36. The third-order valence-corrected chi connectivity index (χ3v) is 6.29. The number of thiophene rings is 1. The van der Waals surface area contributed by atoms with E-state index in [1.165, 1.54) is 29.0 Å². The van der Waals surface area contributed by atoms with Crippen molar-refractivity contribution < 1.29 is 4.92 Å². The fourth-order valence-corrected chi connectivity index (χ4v) is 5.02. The quantitative estimate of drug-likeness (QED) is 0.486. The van der Waals surface area contributed by atoms with Gasteiger partial charge in [0.1, 0.15) is 10.7 Å². The van der Waals surface area contributed by atoms with Crippen LogP contribution in [0.2, 0.25) is 0 Å². The van der Waals surface area contributed by atoms with E-state index in [0.717, 1.165) is 40.9 Å². The number of nitro groups is 1. The van der Waals surface area contributed by atoms with Crippen LogP contribution in [0.5, 0.6) is 0 Å². The molecule has 2 aromatic heterocycles. The van der Waals surface area contributed by atoms with Crippen LogP contribution in [0.15, 0.2) is 29.1 Å². The van der Waals surface area contributed by atoms with E-state index in [-0.39, 0.29) is 11.2 Å². The molecule has 0 saturated heterocycles. The second-order valence-electron chi connectivity index (χ2n) is 7.47. The summed E-state index contributed by atoms with van der Waals surface area (Å²) in [5.74, 6) is 0.722. The Hall–Kier alpha value is -2.58. The molecule has 0 spiro atoms. The van der Waals surface area contributed by atoms with Gasteiger partial charge in [-0.25, -0.2) is 4.98 Å². The van der Waals surface area contributed by atoms with Crippen molar-refractivity contribution in [2.24, 2.45) is 0 Å². The number of aromatic nitrogens is 2. The van der Waals surface area contributed by atoms with Crippen molar-refractivity contribution in [3.05, 3.63) is 66.6 Å². The maximum atomic E-state index is 13.4. The van der Waals surface area contributed by atoms with E-state index in [1.807, 2.05) is 19.0 Å². The highest BCUT2D eigenvalue weighted by molar-refractivity contribution is 7.18. The van der Waals surface area contributed by atoms with Gasteiger partial charge in [0.25, 0.3) is 11.2 Å². The molecule has 0 amide bonds. The van der Waals surface area contributed by atoms with Gasteiger partial charge in [0.15, 0.2) is 0 Å². The molecule has 4 rings (SSSR count). The monoisotopic (exact) mass is 398 g/mol. The summed E-state index contributed by atoms with van der Waals surface area (Å²) < 4.78 is 1.73. The van der Waals surface area contributed by atoms with Crippen LogP contribution in [0.4, 0.5) is 5.69 Å². The van der Waals surface area contributed by atoms with Gasteiger partial charge in [-0.15, -0.1) is 11.3 Å². The average Bonchev–Trinajstić information content (AvgIpc) is 3.03. The molecule has 1 aliphatic rings. The Morgan fingerprint density at radius 2 is 1.93 bits per heavy atom. The summed E-state index contributed by atoms with van der Waals surface area (Å²) in [6.07, 6.45) is 4.25. The lowest BCUT2D eigenvalue weighted by atomic mass is 9.97. The fourth-order valence-electron chi connectivity index (χ4n) is 3.75. The molecule has 1 aliphatic carbocycles. The molecule has 0 fully saturated rings. The summed E-state index contributed by atoms with van der Waals surface area (Å²) in [5.41, 5.74) is 2.07. The molecule has 28 heavy (non-hydrogen) atoms. The Morgan fingerprint density at radius 3 is 2.61 bits per heavy atom. The third-order valence-electron chi connectivity index (χ3n) is 5.10. The summed E-state index contributed by atoms with van der Waals surface area (Å²) in [5, 5.41) is 11.7. The van der Waals surface area contributed by atoms with E-state index >= 15 is 0 Å². The van der Waals surface area contributed by atoms with Gasteiger partial charge in [-0.2, -0.15) is 0 Å². The Kier molecular flexibility index (Phi) is 4.99. The molecule has 3 aromatic rings. The van der Waals surface area contributed by atoms with E-state index in [2.05, 4.69) is 0 Å². The maximum absolute atomic E-state index is 13.4. The molecule has 2 heterocycles. The van der Waals surface area contributed by atoms with Crippen LogP contribution in [0.1, 0.15) is 34.7 Å². The fraction of sp³-hybridized carbons (Fsp3) is 0.400. The van der Waals surface area contributed by atoms with Crippen molar-refractivity contribution in [3.63, 3.8) is 0 Å². The molecule has 7 nitrogen and oxygen atoms in total. The topological polar surface area (TPSA) is 81.3 Å². The van der Waals surface area contributed by atoms with Crippen molar-refractivity contribution >= 4 is 27.2 Å². The highest BCUT2D eigenvalue weighted by Gasteiger charge is 2.22. The van der Waals surface area contributed by atoms with Crippen molar-refractivity contribution in [2.45, 2.75) is 38.8 Å². The van der Waals surface area contributed by atoms with Crippen LogP contribution < -0.4 is 5.56 Å². The zero-order valence-corrected chi connectivity index (χ0v) is 16.8. The Bertz CT molecular complexity index is 1100. The smallest absolute Gasteiger partial charge is 0.269 e. The van der Waals surface area contributed by atoms with Crippen molar-refractivity contribution in [1.29, 1.82) is 0 Å². The standard InChI is InChI=1S/C20H22N4O3S/c1-22(2)12-17-21-19-18(15-5-3-4-6-16(15)28-19)20(25)23(17)11-13-7-9-14(10-8-13)24(26)27/h7-10H,3-6,11-12H2,1-2H3. The Morgan fingerprint density at radius 1 is 1.21 bits per heavy atom. The summed E-state index contributed by atoms with van der Waals surface area (Å²) >= 11 is 1.66. The summed E-state index contributed by atoms with van der Waals surface area (Å²) in [6.45, 7) is 0.911. The lowest BCUT2D eigenvalue weighted by Gasteiger charge is -2.16. The molecule has 146 valence electrons. The average molecular weight is 398 g/mol. The number of fused-ring (bicyclic) bond motifs is 3. The minimum Gasteiger partial charge on any atom is -0.302 e. The summed E-state index contributed by atoms with van der Waals surface area (Å²) in [7, 11) is 3.90. The van der Waals surface area contributed by atoms with Crippen LogP contribution in [0, 0.1) is 10.1 Å². The number of non-ortho nitro benzene ring substituents is 1. The van der Waals surface area contributed by atoms with Gasteiger partial charge < -0.3 is 4.90 Å². The molecule has 0 N–H and O–H groups in total. The number of nitro benzene ring substituents is 1. The van der Waals surface area contributed by atoms with Crippen molar-refractivity contribution in [2.75, 3.05) is 14.1 Å². The molecule has 0 atom stereocenters. The zero-order chi connectivity index (χ0) is 19.8. The molecule has 0 bridgehead atoms. The lowest BCUT2D eigenvalue weighted by molar-refractivity contribution is -0.384. The molecule has 1 aromatic carbocycles. The van der Waals surface area contributed by atoms with Gasteiger partial charge in [-0.1, -0.05) is 12.1 Å². The van der Waals surface area contributed by atoms with E-state index in [0.29, 0.717) is 13.1 Å². The van der Waals surface area contributed by atoms with Gasteiger partial charge >= 0.3 is 0 Å². The van der Waals surface area contributed by atoms with Crippen molar-refractivity contribution in [1.82, 2.24) is 14.5 Å². The van der Waals surface area contributed by atoms with Crippen LogP contribution >= 0.6 is 11.3 Å². The first kappa shape index (κ1) is 18.8. The van der Waals surface area contributed by atoms with E-state index in [9.17, 15) is 14.9 Å². The summed E-state index contributed by atoms with van der Waals surface area (Å²) in [6, 6.07) is 6.36. The largest absolute Gasteiger partial charge is 0.302 e. The summed E-state index contributed by atoms with van der Waals surface area (Å²) in [4.78, 5) is 32.9. The molecule has 0 saturated carbocycles. The molecular formula is C20H22N4O3S. The van der Waals surface area contributed by atoms with Crippen LogP contribution in [-0.4, -0.2) is 33.5 Å². The lowest BCUT2D eigenvalue weighted by Crippen LogP contribution is -2.29. The number of benzene rings is 1. The van der Waals surface area contributed by atoms with Crippen LogP contribution in [-0.2, 0) is 25.9 Å². The third kappa shape index (κ3) is 3.45. The van der Waals surface area contributed by atoms with E-state index in [4.69, 9.17) is 4.98 Å². The number of rotatable bonds is 5. The van der Waals surface area contributed by atoms with Crippen LogP contribution in [0.3, 0.4) is 0 Å². The highest BCUT2D eigenvalue weighted by Crippen LogP contribution is 2.34. The van der Waals surface area contributed by atoms with Crippen molar-refractivity contribution in [3.8, 4) is 0 Å². The van der Waals surface area contributed by atoms with Gasteiger partial charge in [0.05, 0.1) is 23.4 Å². The zero-order valence-electron chi connectivity index (χ0n) is 16.0. The van der Waals surface area contributed by atoms with Gasteiger partial charge in [0, 0.05) is 17.0 Å². The minimum atomic E-state index is -0.418. The molecule has 0 radical (unpaired) electrons. The normalized spacial score (nSPS) is 13.8. The van der Waals surface area contributed by atoms with E-state index in [1.54, 1.807) is 28.0 Å². The Labute approximate surface area is 166 Å². The Balaban J connectivity index is 1.83. The first-order chi connectivity index (χ1) is 13.4. The SMILES string of the molecule is CN(C)Cc1nc2sc3c(c2c(=O)n1Cc1ccc([N+](=O)[O-])cc1)CCCC3. The molecule has 0 aliphatic heterocycles. The van der Waals surface area contributed by atoms with Gasteiger partial charge in [-0.3, -0.25) is 19.5 Å².